The normalized spacial score (nSPS) is 12.9. The summed E-state index contributed by atoms with van der Waals surface area (Å²) in [7, 11) is 0. The van der Waals surface area contributed by atoms with Crippen LogP contribution < -0.4 is 0 Å². The predicted molar refractivity (Wildman–Crippen MR) is 206 cm³/mol. The van der Waals surface area contributed by atoms with E-state index < -0.39 is 0 Å². The molecule has 0 aliphatic heterocycles. The summed E-state index contributed by atoms with van der Waals surface area (Å²) in [4.78, 5) is 5.17. The van der Waals surface area contributed by atoms with Gasteiger partial charge in [-0.3, -0.25) is 0 Å². The Labute approximate surface area is 288 Å². The molecule has 49 heavy (non-hydrogen) atoms. The van der Waals surface area contributed by atoms with Crippen LogP contribution in [-0.2, 0) is 5.41 Å². The molecule has 0 saturated carbocycles. The van der Waals surface area contributed by atoms with E-state index in [1.54, 1.807) is 0 Å². The molecule has 1 aromatic heterocycles. The van der Waals surface area contributed by atoms with Crippen LogP contribution in [-0.4, -0.2) is 4.98 Å². The highest BCUT2D eigenvalue weighted by Crippen LogP contribution is 2.54. The Bertz CT molecular complexity index is 2470. The minimum atomic E-state index is -0.0813. The average molecular weight is 626 g/mol. The van der Waals surface area contributed by atoms with Crippen LogP contribution >= 0.6 is 0 Å². The third kappa shape index (κ3) is 4.98. The maximum absolute atomic E-state index is 5.17. The summed E-state index contributed by atoms with van der Waals surface area (Å²) in [6, 6.07) is 63.5. The van der Waals surface area contributed by atoms with Crippen LogP contribution in [0.25, 0.3) is 77.8 Å². The van der Waals surface area contributed by atoms with Gasteiger partial charge in [-0.25, -0.2) is 4.98 Å². The number of fused-ring (bicyclic) bond motifs is 5. The van der Waals surface area contributed by atoms with Crippen molar-refractivity contribution in [3.05, 3.63) is 187 Å². The fourth-order valence-corrected chi connectivity index (χ4v) is 7.79. The Kier molecular flexibility index (Phi) is 6.88. The molecule has 0 unspecified atom stereocenters. The van der Waals surface area contributed by atoms with Crippen molar-refractivity contribution in [3.63, 3.8) is 0 Å². The topological polar surface area (TPSA) is 12.9 Å². The molecule has 1 heterocycles. The van der Waals surface area contributed by atoms with Crippen LogP contribution in [0.5, 0.6) is 0 Å². The summed E-state index contributed by atoms with van der Waals surface area (Å²) in [5.41, 5.74) is 16.8. The first-order valence-electron chi connectivity index (χ1n) is 17.0. The number of hydrogen-bond donors (Lipinski definition) is 0. The highest BCUT2D eigenvalue weighted by molar-refractivity contribution is 6.04. The molecule has 1 heteroatoms. The highest BCUT2D eigenvalue weighted by atomic mass is 14.7. The number of rotatable bonds is 5. The van der Waals surface area contributed by atoms with Crippen molar-refractivity contribution in [2.45, 2.75) is 19.3 Å². The van der Waals surface area contributed by atoms with Crippen LogP contribution in [0.4, 0.5) is 0 Å². The minimum Gasteiger partial charge on any atom is -0.248 e. The van der Waals surface area contributed by atoms with E-state index in [1.807, 2.05) is 0 Å². The van der Waals surface area contributed by atoms with Gasteiger partial charge in [-0.05, 0) is 84.6 Å². The smallest absolute Gasteiger partial charge is 0.0715 e. The quantitative estimate of drug-likeness (QED) is 0.185. The number of nitrogens with zero attached hydrogens (tertiary/aromatic N) is 1. The molecule has 9 rings (SSSR count). The second-order valence-electron chi connectivity index (χ2n) is 13.6. The molecule has 1 aliphatic carbocycles. The van der Waals surface area contributed by atoms with Crippen molar-refractivity contribution in [1.82, 2.24) is 4.98 Å². The first-order valence-corrected chi connectivity index (χ1v) is 17.0. The Hall–Kier alpha value is -6.05. The molecule has 0 spiro atoms. The molecular formula is C48H35N. The molecule has 0 saturated heterocycles. The Balaban J connectivity index is 1.16. The summed E-state index contributed by atoms with van der Waals surface area (Å²) in [6.07, 6.45) is 0. The Morgan fingerprint density at radius 1 is 0.388 bits per heavy atom. The van der Waals surface area contributed by atoms with Gasteiger partial charge in [0.05, 0.1) is 11.4 Å². The molecule has 232 valence electrons. The Morgan fingerprint density at radius 3 is 1.57 bits per heavy atom. The fraction of sp³-hybridized carbons (Fsp3) is 0.0625. The number of benzene rings is 7. The van der Waals surface area contributed by atoms with E-state index in [4.69, 9.17) is 4.98 Å². The predicted octanol–water partition coefficient (Wildman–Crippen LogP) is 12.9. The molecule has 0 bridgehead atoms. The van der Waals surface area contributed by atoms with E-state index in [9.17, 15) is 0 Å². The molecule has 7 aromatic carbocycles. The third-order valence-electron chi connectivity index (χ3n) is 10.3. The number of aromatic nitrogens is 1. The van der Waals surface area contributed by atoms with Gasteiger partial charge in [-0.2, -0.15) is 0 Å². The summed E-state index contributed by atoms with van der Waals surface area (Å²) >= 11 is 0. The molecule has 1 nitrogen and oxygen atoms in total. The van der Waals surface area contributed by atoms with Crippen LogP contribution in [0.3, 0.4) is 0 Å². The lowest BCUT2D eigenvalue weighted by molar-refractivity contribution is 0.666. The van der Waals surface area contributed by atoms with Gasteiger partial charge in [0.25, 0.3) is 0 Å². The monoisotopic (exact) mass is 625 g/mol. The van der Waals surface area contributed by atoms with Gasteiger partial charge in [0, 0.05) is 16.5 Å². The zero-order chi connectivity index (χ0) is 33.0. The first-order chi connectivity index (χ1) is 24.0. The standard InChI is InChI=1S/C48H35N/c1-48(2)43-20-12-11-19-41(43)46-42(29-38-17-9-10-18-40(38)47(46)48)35-25-21-34(22-26-35)39-30-44(36-15-7-4-8-16-36)49-45(31-39)37-27-23-33(24-28-37)32-13-5-3-6-14-32/h3-31H,1-2H3. The number of pyridine rings is 1. The second kappa shape index (κ2) is 11.6. The molecule has 0 amide bonds. The van der Waals surface area contributed by atoms with Crippen LogP contribution in [0.2, 0.25) is 0 Å². The number of hydrogen-bond acceptors (Lipinski definition) is 1. The van der Waals surface area contributed by atoms with Crippen LogP contribution in [0, 0.1) is 0 Å². The van der Waals surface area contributed by atoms with Gasteiger partial charge in [0.1, 0.15) is 0 Å². The highest BCUT2D eigenvalue weighted by Gasteiger charge is 2.38. The van der Waals surface area contributed by atoms with Crippen molar-refractivity contribution in [2.24, 2.45) is 0 Å². The van der Waals surface area contributed by atoms with Crippen molar-refractivity contribution >= 4 is 10.8 Å². The zero-order valence-corrected chi connectivity index (χ0v) is 27.7. The lowest BCUT2D eigenvalue weighted by Crippen LogP contribution is -2.15. The van der Waals surface area contributed by atoms with Gasteiger partial charge in [-0.1, -0.05) is 172 Å². The second-order valence-corrected chi connectivity index (χ2v) is 13.6. The van der Waals surface area contributed by atoms with Crippen molar-refractivity contribution in [3.8, 4) is 67.0 Å². The van der Waals surface area contributed by atoms with Crippen molar-refractivity contribution in [1.29, 1.82) is 0 Å². The van der Waals surface area contributed by atoms with Crippen molar-refractivity contribution < 1.29 is 0 Å². The lowest BCUT2D eigenvalue weighted by Gasteiger charge is -2.24. The van der Waals surface area contributed by atoms with E-state index in [0.717, 1.165) is 28.1 Å². The van der Waals surface area contributed by atoms with Gasteiger partial charge < -0.3 is 0 Å². The van der Waals surface area contributed by atoms with Gasteiger partial charge in [0.2, 0.25) is 0 Å². The molecule has 8 aromatic rings. The van der Waals surface area contributed by atoms with Crippen LogP contribution in [0.15, 0.2) is 176 Å². The van der Waals surface area contributed by atoms with Gasteiger partial charge in [-0.15, -0.1) is 0 Å². The van der Waals surface area contributed by atoms with E-state index in [1.165, 1.54) is 60.8 Å². The molecule has 0 fully saturated rings. The lowest BCUT2D eigenvalue weighted by atomic mass is 9.79. The third-order valence-corrected chi connectivity index (χ3v) is 10.3. The zero-order valence-electron chi connectivity index (χ0n) is 27.7. The SMILES string of the molecule is CC1(C)c2ccccc2-c2c(-c3ccc(-c4cc(-c5ccccc5)nc(-c5ccc(-c6ccccc6)cc5)c4)cc3)cc3ccccc3c21. The van der Waals surface area contributed by atoms with Crippen molar-refractivity contribution in [2.75, 3.05) is 0 Å². The Morgan fingerprint density at radius 2 is 0.878 bits per heavy atom. The molecule has 0 N–H and O–H groups in total. The molecular weight excluding hydrogens is 591 g/mol. The van der Waals surface area contributed by atoms with E-state index in [2.05, 4.69) is 190 Å². The summed E-state index contributed by atoms with van der Waals surface area (Å²) in [5.74, 6) is 0. The largest absolute Gasteiger partial charge is 0.248 e. The summed E-state index contributed by atoms with van der Waals surface area (Å²) in [6.45, 7) is 4.75. The van der Waals surface area contributed by atoms with Gasteiger partial charge in [0.15, 0.2) is 0 Å². The molecule has 0 radical (unpaired) electrons. The maximum atomic E-state index is 5.17. The minimum absolute atomic E-state index is 0.0813. The molecule has 0 atom stereocenters. The maximum Gasteiger partial charge on any atom is 0.0715 e. The van der Waals surface area contributed by atoms with E-state index >= 15 is 0 Å². The van der Waals surface area contributed by atoms with Crippen LogP contribution in [0.1, 0.15) is 25.0 Å². The summed E-state index contributed by atoms with van der Waals surface area (Å²) in [5, 5.41) is 2.62. The average Bonchev–Trinajstić information content (AvgIpc) is 3.42. The van der Waals surface area contributed by atoms with E-state index in [-0.39, 0.29) is 5.41 Å². The fourth-order valence-electron chi connectivity index (χ4n) is 7.79. The summed E-state index contributed by atoms with van der Waals surface area (Å²) < 4.78 is 0. The van der Waals surface area contributed by atoms with E-state index in [0.29, 0.717) is 0 Å². The van der Waals surface area contributed by atoms with Gasteiger partial charge >= 0.3 is 0 Å². The molecule has 1 aliphatic rings. The first kappa shape index (κ1) is 29.1.